The molecular weight excluding hydrogens is 232 g/mol. The molecule has 0 aliphatic carbocycles. The lowest BCUT2D eigenvalue weighted by Crippen LogP contribution is -2.21. The van der Waals surface area contributed by atoms with Gasteiger partial charge in [-0.3, -0.25) is 4.57 Å². The highest BCUT2D eigenvalue weighted by molar-refractivity contribution is 7.60. The summed E-state index contributed by atoms with van der Waals surface area (Å²) in [5.74, 6) is 1.83. The van der Waals surface area contributed by atoms with Gasteiger partial charge in [0.25, 0.3) is 7.52 Å². The topological polar surface area (TPSA) is 38.3 Å². The first-order valence-corrected chi connectivity index (χ1v) is 6.51. The van der Waals surface area contributed by atoms with Crippen molar-refractivity contribution in [3.05, 3.63) is 10.8 Å². The van der Waals surface area contributed by atoms with Crippen LogP contribution in [-0.2, 0) is 9.09 Å². The molecule has 0 aromatic rings. The molecule has 3 nitrogen and oxygen atoms in total. The number of nitrogens with one attached hydrogen (secondary N) is 1. The molecule has 0 bridgehead atoms. The van der Waals surface area contributed by atoms with Crippen molar-refractivity contribution in [1.29, 1.82) is 0 Å². The fourth-order valence-corrected chi connectivity index (χ4v) is 3.71. The maximum Gasteiger partial charge on any atom is 0.294 e. The van der Waals surface area contributed by atoms with Crippen molar-refractivity contribution >= 4 is 30.7 Å². The van der Waals surface area contributed by atoms with Gasteiger partial charge in [0.05, 0.1) is 5.03 Å². The third-order valence-electron chi connectivity index (χ3n) is 1.65. The molecule has 6 heteroatoms. The van der Waals surface area contributed by atoms with E-state index < -0.39 is 13.1 Å². The molecule has 0 saturated carbocycles. The van der Waals surface area contributed by atoms with Crippen molar-refractivity contribution in [3.8, 4) is 0 Å². The van der Waals surface area contributed by atoms with Gasteiger partial charge in [0.2, 0.25) is 0 Å². The summed E-state index contributed by atoms with van der Waals surface area (Å²) in [7, 11) is -2.89. The second-order valence-corrected chi connectivity index (χ2v) is 6.01. The summed E-state index contributed by atoms with van der Waals surface area (Å²) in [4.78, 5) is 0. The van der Waals surface area contributed by atoms with E-state index in [1.165, 1.54) is 5.82 Å². The van der Waals surface area contributed by atoms with Crippen LogP contribution in [0.15, 0.2) is 10.8 Å². The molecule has 0 amide bonds. The molecule has 0 fully saturated rings. The molecule has 0 spiro atoms. The molecule has 1 heterocycles. The Bertz CT molecular complexity index is 278. The Balaban J connectivity index is 2.72. The first-order valence-electron chi connectivity index (χ1n) is 3.90. The maximum atomic E-state index is 11.8. The summed E-state index contributed by atoms with van der Waals surface area (Å²) in [6.45, 7) is 3.98. The highest BCUT2D eigenvalue weighted by atomic mass is 35.5. The van der Waals surface area contributed by atoms with Crippen LogP contribution < -0.4 is 5.09 Å². The van der Waals surface area contributed by atoms with E-state index in [1.807, 2.05) is 0 Å². The van der Waals surface area contributed by atoms with Gasteiger partial charge < -0.3 is 4.52 Å². The number of alkyl halides is 1. The van der Waals surface area contributed by atoms with Crippen LogP contribution in [0.3, 0.4) is 0 Å². The van der Waals surface area contributed by atoms with Crippen molar-refractivity contribution in [3.63, 3.8) is 0 Å². The lowest BCUT2D eigenvalue weighted by atomic mass is 10.1. The zero-order chi connectivity index (χ0) is 10.1. The highest BCUT2D eigenvalue weighted by Crippen LogP contribution is 2.57. The van der Waals surface area contributed by atoms with Gasteiger partial charge in [0.15, 0.2) is 0 Å². The van der Waals surface area contributed by atoms with E-state index in [0.717, 1.165) is 0 Å². The molecule has 0 aromatic carbocycles. The molecule has 0 radical (unpaired) electrons. The van der Waals surface area contributed by atoms with Crippen molar-refractivity contribution < 1.29 is 9.09 Å². The van der Waals surface area contributed by atoms with Gasteiger partial charge in [-0.1, -0.05) is 11.6 Å². The maximum absolute atomic E-state index is 11.8. The van der Waals surface area contributed by atoms with Crippen LogP contribution >= 0.6 is 30.7 Å². The van der Waals surface area contributed by atoms with Gasteiger partial charge in [-0.05, 0) is 13.8 Å². The third kappa shape index (κ3) is 2.71. The van der Waals surface area contributed by atoms with Crippen molar-refractivity contribution in [2.75, 3.05) is 12.4 Å². The van der Waals surface area contributed by atoms with E-state index in [2.05, 4.69) is 5.09 Å². The molecule has 1 aliphatic heterocycles. The number of hydrogen-bond acceptors (Lipinski definition) is 2. The minimum atomic E-state index is -2.89. The molecule has 1 N–H and O–H groups in total. The van der Waals surface area contributed by atoms with E-state index >= 15 is 0 Å². The Labute approximate surface area is 87.9 Å². The van der Waals surface area contributed by atoms with Crippen LogP contribution in [0.2, 0.25) is 0 Å². The van der Waals surface area contributed by atoms with Crippen LogP contribution in [0.25, 0.3) is 0 Å². The normalized spacial score (nSPS) is 31.8. The lowest BCUT2D eigenvalue weighted by molar-refractivity contribution is 0.171. The predicted molar refractivity (Wildman–Crippen MR) is 55.4 cm³/mol. The molecule has 13 heavy (non-hydrogen) atoms. The first-order chi connectivity index (χ1) is 5.90. The van der Waals surface area contributed by atoms with Crippen molar-refractivity contribution in [2.24, 2.45) is 0 Å². The predicted octanol–water partition coefficient (Wildman–Crippen LogP) is 2.90. The highest BCUT2D eigenvalue weighted by Gasteiger charge is 2.40. The molecule has 0 aromatic heterocycles. The molecule has 1 aliphatic rings. The van der Waals surface area contributed by atoms with Gasteiger partial charge in [-0.25, -0.2) is 5.09 Å². The minimum absolute atomic E-state index is 0.388. The van der Waals surface area contributed by atoms with Gasteiger partial charge >= 0.3 is 0 Å². The number of hydrogen-bond donors (Lipinski definition) is 1. The monoisotopic (exact) mass is 243 g/mol. The van der Waals surface area contributed by atoms with E-state index in [1.54, 1.807) is 13.8 Å². The quantitative estimate of drug-likeness (QED) is 0.612. The lowest BCUT2D eigenvalue weighted by Gasteiger charge is -2.20. The zero-order valence-corrected chi connectivity index (χ0v) is 9.92. The van der Waals surface area contributed by atoms with Gasteiger partial charge in [0.1, 0.15) is 5.60 Å². The van der Waals surface area contributed by atoms with Crippen molar-refractivity contribution in [1.82, 2.24) is 5.09 Å². The average Bonchev–Trinajstić information content (AvgIpc) is 2.18. The summed E-state index contributed by atoms with van der Waals surface area (Å²) in [6, 6.07) is 0. The molecule has 1 rings (SSSR count). The smallest absolute Gasteiger partial charge is 0.294 e. The Morgan fingerprint density at radius 3 is 2.69 bits per heavy atom. The second kappa shape index (κ2) is 3.92. The van der Waals surface area contributed by atoms with E-state index in [-0.39, 0.29) is 0 Å². The third-order valence-corrected chi connectivity index (χ3v) is 4.54. The average molecular weight is 244 g/mol. The van der Waals surface area contributed by atoms with Crippen LogP contribution in [0.1, 0.15) is 13.8 Å². The SMILES string of the molecule is CC1(C)OP(=O)(NCCCl)C=C1Cl. The Morgan fingerprint density at radius 1 is 1.69 bits per heavy atom. The fraction of sp³-hybridized carbons (Fsp3) is 0.714. The van der Waals surface area contributed by atoms with Gasteiger partial charge in [-0.15, -0.1) is 11.6 Å². The van der Waals surface area contributed by atoms with Crippen LogP contribution in [0.5, 0.6) is 0 Å². The summed E-state index contributed by atoms with van der Waals surface area (Å²) >= 11 is 11.3. The van der Waals surface area contributed by atoms with Crippen LogP contribution in [0, 0.1) is 0 Å². The first kappa shape index (κ1) is 11.5. The molecule has 76 valence electrons. The minimum Gasteiger partial charge on any atom is -0.303 e. The Morgan fingerprint density at radius 2 is 2.31 bits per heavy atom. The van der Waals surface area contributed by atoms with Gasteiger partial charge in [0, 0.05) is 18.2 Å². The summed E-state index contributed by atoms with van der Waals surface area (Å²) in [5.41, 5.74) is -0.656. The molecule has 0 saturated heterocycles. The van der Waals surface area contributed by atoms with Crippen LogP contribution in [0.4, 0.5) is 0 Å². The Kier molecular flexibility index (Phi) is 3.48. The standard InChI is InChI=1S/C7H12Cl2NO2P/c1-7(2)6(9)5-13(11,12-7)10-4-3-8/h5H,3-4H2,1-2H3,(H,10,11). The summed E-state index contributed by atoms with van der Waals surface area (Å²) in [5, 5.41) is 3.20. The molecule has 1 atom stereocenters. The summed E-state index contributed by atoms with van der Waals surface area (Å²) < 4.78 is 17.2. The van der Waals surface area contributed by atoms with Crippen molar-refractivity contribution in [2.45, 2.75) is 19.4 Å². The number of rotatable bonds is 3. The van der Waals surface area contributed by atoms with E-state index in [9.17, 15) is 4.57 Å². The molecular formula is C7H12Cl2NO2P. The fourth-order valence-electron chi connectivity index (χ4n) is 0.990. The second-order valence-electron chi connectivity index (χ2n) is 3.27. The van der Waals surface area contributed by atoms with E-state index in [4.69, 9.17) is 27.7 Å². The Hall–Kier alpha value is 0.470. The summed E-state index contributed by atoms with van der Waals surface area (Å²) in [6.07, 6.45) is 0. The molecule has 1 unspecified atom stereocenters. The number of halogens is 2. The van der Waals surface area contributed by atoms with E-state index in [0.29, 0.717) is 17.5 Å². The zero-order valence-electron chi connectivity index (χ0n) is 7.51. The largest absolute Gasteiger partial charge is 0.303 e. The van der Waals surface area contributed by atoms with Gasteiger partial charge in [-0.2, -0.15) is 0 Å². The van der Waals surface area contributed by atoms with Crippen LogP contribution in [-0.4, -0.2) is 18.0 Å².